The van der Waals surface area contributed by atoms with Gasteiger partial charge in [-0.15, -0.1) is 0 Å². The summed E-state index contributed by atoms with van der Waals surface area (Å²) in [4.78, 5) is 11.8. The minimum Gasteiger partial charge on any atom is -0.396 e. The van der Waals surface area contributed by atoms with Gasteiger partial charge in [0.15, 0.2) is 0 Å². The van der Waals surface area contributed by atoms with Crippen molar-refractivity contribution in [1.29, 1.82) is 0 Å². The van der Waals surface area contributed by atoms with Gasteiger partial charge in [-0.05, 0) is 38.8 Å². The van der Waals surface area contributed by atoms with Gasteiger partial charge in [0.2, 0.25) is 5.91 Å². The third-order valence-corrected chi connectivity index (χ3v) is 4.40. The van der Waals surface area contributed by atoms with Gasteiger partial charge in [-0.2, -0.15) is 0 Å². The van der Waals surface area contributed by atoms with Crippen molar-refractivity contribution in [3.63, 3.8) is 0 Å². The van der Waals surface area contributed by atoms with E-state index >= 15 is 0 Å². The Morgan fingerprint density at radius 2 is 2.00 bits per heavy atom. The van der Waals surface area contributed by atoms with E-state index in [1.54, 1.807) is 0 Å². The van der Waals surface area contributed by atoms with Crippen LogP contribution in [0.25, 0.3) is 0 Å². The van der Waals surface area contributed by atoms with Crippen LogP contribution in [0.5, 0.6) is 0 Å². The van der Waals surface area contributed by atoms with E-state index in [1.165, 1.54) is 0 Å². The lowest BCUT2D eigenvalue weighted by Crippen LogP contribution is -2.41. The van der Waals surface area contributed by atoms with Crippen LogP contribution in [0.15, 0.2) is 0 Å². The van der Waals surface area contributed by atoms with Gasteiger partial charge >= 0.3 is 0 Å². The van der Waals surface area contributed by atoms with Crippen LogP contribution in [-0.2, 0) is 9.53 Å². The molecule has 0 aromatic heterocycles. The zero-order valence-electron chi connectivity index (χ0n) is 11.6. The van der Waals surface area contributed by atoms with Gasteiger partial charge in [-0.25, -0.2) is 0 Å². The first kappa shape index (κ1) is 14.8. The molecule has 2 fully saturated rings. The fourth-order valence-electron chi connectivity index (χ4n) is 3.01. The first-order valence-corrected chi connectivity index (χ1v) is 7.44. The third kappa shape index (κ3) is 4.44. The van der Waals surface area contributed by atoms with Gasteiger partial charge in [-0.3, -0.25) is 4.79 Å². The summed E-state index contributed by atoms with van der Waals surface area (Å²) in [6.45, 7) is 2.84. The summed E-state index contributed by atoms with van der Waals surface area (Å²) in [6, 6.07) is 0. The number of hydrogen-bond acceptors (Lipinski definition) is 4. The van der Waals surface area contributed by atoms with Crippen molar-refractivity contribution < 1.29 is 14.6 Å². The molecule has 110 valence electrons. The summed E-state index contributed by atoms with van der Waals surface area (Å²) in [7, 11) is 0. The Kier molecular flexibility index (Phi) is 5.60. The zero-order valence-corrected chi connectivity index (χ0v) is 11.6. The van der Waals surface area contributed by atoms with Gasteiger partial charge in [0.05, 0.1) is 12.7 Å². The number of amides is 1. The Balaban J connectivity index is 1.63. The van der Waals surface area contributed by atoms with Crippen molar-refractivity contribution in [2.75, 3.05) is 32.8 Å². The molecule has 1 amide bonds. The number of carbonyl (C=O) groups is 1. The molecule has 0 radical (unpaired) electrons. The SMILES string of the molecule is O=C(COC1CCNCC1)NCC1(CO)CCCC1. The number of carbonyl (C=O) groups excluding carboxylic acids is 1. The monoisotopic (exact) mass is 270 g/mol. The Hall–Kier alpha value is -0.650. The van der Waals surface area contributed by atoms with Gasteiger partial charge in [0.1, 0.15) is 6.61 Å². The largest absolute Gasteiger partial charge is 0.396 e. The minimum atomic E-state index is -0.0789. The van der Waals surface area contributed by atoms with Crippen molar-refractivity contribution in [2.45, 2.75) is 44.6 Å². The maximum absolute atomic E-state index is 11.8. The minimum absolute atomic E-state index is 0.0572. The van der Waals surface area contributed by atoms with Crippen molar-refractivity contribution >= 4 is 5.91 Å². The molecule has 1 aliphatic carbocycles. The number of nitrogens with one attached hydrogen (secondary N) is 2. The molecular weight excluding hydrogens is 244 g/mol. The van der Waals surface area contributed by atoms with Crippen LogP contribution in [0.2, 0.25) is 0 Å². The topological polar surface area (TPSA) is 70.6 Å². The highest BCUT2D eigenvalue weighted by atomic mass is 16.5. The van der Waals surface area contributed by atoms with Crippen molar-refractivity contribution in [3.05, 3.63) is 0 Å². The molecule has 1 saturated carbocycles. The summed E-state index contributed by atoms with van der Waals surface area (Å²) in [5.41, 5.74) is -0.0789. The molecule has 0 aromatic carbocycles. The van der Waals surface area contributed by atoms with E-state index in [0.717, 1.165) is 51.6 Å². The molecule has 5 nitrogen and oxygen atoms in total. The zero-order chi connectivity index (χ0) is 13.6. The van der Waals surface area contributed by atoms with Crippen LogP contribution >= 0.6 is 0 Å². The number of rotatable bonds is 6. The lowest BCUT2D eigenvalue weighted by Gasteiger charge is -2.27. The molecule has 0 aromatic rings. The number of aliphatic hydroxyl groups excluding tert-OH is 1. The highest BCUT2D eigenvalue weighted by Gasteiger charge is 2.33. The highest BCUT2D eigenvalue weighted by Crippen LogP contribution is 2.36. The third-order valence-electron chi connectivity index (χ3n) is 4.40. The van der Waals surface area contributed by atoms with Crippen LogP contribution in [0.3, 0.4) is 0 Å². The summed E-state index contributed by atoms with van der Waals surface area (Å²) in [5, 5.41) is 15.7. The summed E-state index contributed by atoms with van der Waals surface area (Å²) >= 11 is 0. The molecule has 5 heteroatoms. The molecule has 2 rings (SSSR count). The van der Waals surface area contributed by atoms with Gasteiger partial charge in [-0.1, -0.05) is 12.8 Å². The number of hydrogen-bond donors (Lipinski definition) is 3. The van der Waals surface area contributed by atoms with Gasteiger partial charge < -0.3 is 20.5 Å². The molecule has 3 N–H and O–H groups in total. The number of piperidine rings is 1. The molecular formula is C14H26N2O3. The standard InChI is InChI=1S/C14H26N2O3/c17-11-14(5-1-2-6-14)10-16-13(18)9-19-12-3-7-15-8-4-12/h12,15,17H,1-11H2,(H,16,18). The fraction of sp³-hybridized carbons (Fsp3) is 0.929. The van der Waals surface area contributed by atoms with E-state index in [4.69, 9.17) is 4.74 Å². The normalized spacial score (nSPS) is 23.4. The summed E-state index contributed by atoms with van der Waals surface area (Å²) in [5.74, 6) is -0.0572. The van der Waals surface area contributed by atoms with E-state index < -0.39 is 0 Å². The maximum atomic E-state index is 11.8. The average molecular weight is 270 g/mol. The molecule has 1 saturated heterocycles. The smallest absolute Gasteiger partial charge is 0.246 e. The second-order valence-electron chi connectivity index (χ2n) is 5.90. The predicted octanol–water partition coefficient (Wildman–Crippen LogP) is 0.424. The Bertz CT molecular complexity index is 284. The lowest BCUT2D eigenvalue weighted by atomic mass is 9.87. The van der Waals surface area contributed by atoms with Crippen LogP contribution in [-0.4, -0.2) is 50.0 Å². The second-order valence-corrected chi connectivity index (χ2v) is 5.90. The maximum Gasteiger partial charge on any atom is 0.246 e. The molecule has 1 heterocycles. The van der Waals surface area contributed by atoms with E-state index in [1.807, 2.05) is 0 Å². The van der Waals surface area contributed by atoms with Gasteiger partial charge in [0, 0.05) is 12.0 Å². The lowest BCUT2D eigenvalue weighted by molar-refractivity contribution is -0.128. The van der Waals surface area contributed by atoms with Crippen molar-refractivity contribution in [3.8, 4) is 0 Å². The fourth-order valence-corrected chi connectivity index (χ4v) is 3.01. The van der Waals surface area contributed by atoms with Crippen molar-refractivity contribution in [2.24, 2.45) is 5.41 Å². The molecule has 19 heavy (non-hydrogen) atoms. The Labute approximate surface area is 115 Å². The molecule has 0 bridgehead atoms. The summed E-state index contributed by atoms with van der Waals surface area (Å²) in [6.07, 6.45) is 6.51. The number of aliphatic hydroxyl groups is 1. The molecule has 1 aliphatic heterocycles. The predicted molar refractivity (Wildman–Crippen MR) is 72.8 cm³/mol. The molecule has 0 atom stereocenters. The van der Waals surface area contributed by atoms with Crippen molar-refractivity contribution in [1.82, 2.24) is 10.6 Å². The van der Waals surface area contributed by atoms with Crippen LogP contribution < -0.4 is 10.6 Å². The summed E-state index contributed by atoms with van der Waals surface area (Å²) < 4.78 is 5.61. The van der Waals surface area contributed by atoms with E-state index in [2.05, 4.69) is 10.6 Å². The van der Waals surface area contributed by atoms with Gasteiger partial charge in [0.25, 0.3) is 0 Å². The average Bonchev–Trinajstić information content (AvgIpc) is 2.93. The quantitative estimate of drug-likeness (QED) is 0.654. The van der Waals surface area contributed by atoms with E-state index in [9.17, 15) is 9.90 Å². The van der Waals surface area contributed by atoms with Crippen LogP contribution in [0.1, 0.15) is 38.5 Å². The first-order valence-electron chi connectivity index (χ1n) is 7.44. The first-order chi connectivity index (χ1) is 9.24. The van der Waals surface area contributed by atoms with Crippen LogP contribution in [0.4, 0.5) is 0 Å². The highest BCUT2D eigenvalue weighted by molar-refractivity contribution is 5.77. The molecule has 0 spiro atoms. The van der Waals surface area contributed by atoms with E-state index in [0.29, 0.717) is 6.54 Å². The van der Waals surface area contributed by atoms with Crippen LogP contribution in [0, 0.1) is 5.41 Å². The van der Waals surface area contributed by atoms with E-state index in [-0.39, 0.29) is 30.6 Å². The molecule has 0 unspecified atom stereocenters. The Morgan fingerprint density at radius 3 is 2.63 bits per heavy atom. The Morgan fingerprint density at radius 1 is 1.32 bits per heavy atom. The second kappa shape index (κ2) is 7.22. The number of ether oxygens (including phenoxy) is 1. The molecule has 2 aliphatic rings.